The van der Waals surface area contributed by atoms with Crippen LogP contribution in [0.5, 0.6) is 0 Å². The van der Waals surface area contributed by atoms with Gasteiger partial charge in [0.05, 0.1) is 27.7 Å². The summed E-state index contributed by atoms with van der Waals surface area (Å²) in [5.74, 6) is -2.32. The molecule has 29 heavy (non-hydrogen) atoms. The van der Waals surface area contributed by atoms with Gasteiger partial charge < -0.3 is 9.84 Å². The quantitative estimate of drug-likeness (QED) is 0.778. The molecule has 1 saturated carbocycles. The van der Waals surface area contributed by atoms with E-state index in [-0.39, 0.29) is 18.4 Å². The smallest absolute Gasteiger partial charge is 0.417 e. The normalized spacial score (nSPS) is 22.6. The summed E-state index contributed by atoms with van der Waals surface area (Å²) in [6, 6.07) is 11.4. The first-order chi connectivity index (χ1) is 13.6. The van der Waals surface area contributed by atoms with Crippen LogP contribution in [0.3, 0.4) is 0 Å². The van der Waals surface area contributed by atoms with Gasteiger partial charge in [-0.2, -0.15) is 13.2 Å². The Morgan fingerprint density at radius 3 is 2.24 bits per heavy atom. The number of rotatable bonds is 5. The van der Waals surface area contributed by atoms with Crippen LogP contribution >= 0.6 is 0 Å². The fraction of sp³-hybridized carbons (Fsp3) is 0.350. The number of hydrogen-bond donors (Lipinski definition) is 1. The van der Waals surface area contributed by atoms with E-state index in [0.717, 1.165) is 12.1 Å². The van der Waals surface area contributed by atoms with Crippen molar-refractivity contribution in [3.05, 3.63) is 54.1 Å². The maximum Gasteiger partial charge on any atom is 0.417 e. The monoisotopic (exact) mass is 428 g/mol. The van der Waals surface area contributed by atoms with Gasteiger partial charge in [-0.25, -0.2) is 8.42 Å². The van der Waals surface area contributed by atoms with Gasteiger partial charge in [-0.3, -0.25) is 4.79 Å². The van der Waals surface area contributed by atoms with Gasteiger partial charge in [0.2, 0.25) is 0 Å². The number of alkyl halides is 3. The van der Waals surface area contributed by atoms with E-state index < -0.39 is 49.7 Å². The highest BCUT2D eigenvalue weighted by molar-refractivity contribution is 7.92. The number of ether oxygens (including phenoxy) is 1. The first-order valence-corrected chi connectivity index (χ1v) is 10.4. The predicted octanol–water partition coefficient (Wildman–Crippen LogP) is 4.02. The van der Waals surface area contributed by atoms with E-state index in [1.54, 1.807) is 30.3 Å². The number of methoxy groups -OCH3 is 1. The number of benzene rings is 2. The molecule has 1 N–H and O–H groups in total. The summed E-state index contributed by atoms with van der Waals surface area (Å²) in [6.07, 6.45) is -6.23. The zero-order chi connectivity index (χ0) is 21.4. The summed E-state index contributed by atoms with van der Waals surface area (Å²) in [5.41, 5.74) is -0.499. The van der Waals surface area contributed by atoms with Crippen LogP contribution in [0.15, 0.2) is 53.4 Å². The first-order valence-electron chi connectivity index (χ1n) is 8.82. The lowest BCUT2D eigenvalue weighted by atomic mass is 10.0. The molecule has 0 spiro atoms. The largest absolute Gasteiger partial charge is 0.481 e. The summed E-state index contributed by atoms with van der Waals surface area (Å²) in [5, 5.41) is 7.99. The van der Waals surface area contributed by atoms with E-state index in [2.05, 4.69) is 0 Å². The van der Waals surface area contributed by atoms with Gasteiger partial charge in [-0.1, -0.05) is 36.4 Å². The molecule has 1 fully saturated rings. The van der Waals surface area contributed by atoms with Crippen molar-refractivity contribution >= 4 is 15.8 Å². The molecule has 2 aromatic rings. The van der Waals surface area contributed by atoms with Crippen molar-refractivity contribution in [1.29, 1.82) is 0 Å². The van der Waals surface area contributed by atoms with Crippen LogP contribution in [0, 0.1) is 5.92 Å². The molecule has 156 valence electrons. The van der Waals surface area contributed by atoms with Gasteiger partial charge in [-0.15, -0.1) is 0 Å². The number of sulfone groups is 1. The SMILES string of the molecule is CO[C@H]1C[C@@H](S(=O)(=O)c2ccc(-c3ccccc3)cc2C(F)(F)F)C[C@@H]1C(=O)O. The molecule has 1 aliphatic rings. The van der Waals surface area contributed by atoms with Gasteiger partial charge in [0, 0.05) is 7.11 Å². The molecule has 0 aliphatic heterocycles. The van der Waals surface area contributed by atoms with Crippen molar-refractivity contribution in [2.75, 3.05) is 7.11 Å². The average Bonchev–Trinajstić information content (AvgIpc) is 3.13. The molecule has 9 heteroatoms. The lowest BCUT2D eigenvalue weighted by molar-refractivity contribution is -0.145. The van der Waals surface area contributed by atoms with E-state index >= 15 is 0 Å². The molecule has 2 aromatic carbocycles. The second-order valence-corrected chi connectivity index (χ2v) is 9.13. The van der Waals surface area contributed by atoms with Crippen LogP contribution in [-0.4, -0.2) is 38.0 Å². The van der Waals surface area contributed by atoms with Crippen LogP contribution in [0.25, 0.3) is 11.1 Å². The fourth-order valence-electron chi connectivity index (χ4n) is 3.72. The van der Waals surface area contributed by atoms with Crippen LogP contribution in [0.1, 0.15) is 18.4 Å². The molecule has 0 bridgehead atoms. The molecular formula is C20H19F3O5S. The second-order valence-electron chi connectivity index (χ2n) is 6.93. The molecule has 3 rings (SSSR count). The Balaban J connectivity index is 2.06. The lowest BCUT2D eigenvalue weighted by Gasteiger charge is -2.18. The van der Waals surface area contributed by atoms with E-state index in [1.807, 2.05) is 0 Å². The summed E-state index contributed by atoms with van der Waals surface area (Å²) in [7, 11) is -3.17. The average molecular weight is 428 g/mol. The number of halogens is 3. The van der Waals surface area contributed by atoms with Gasteiger partial charge in [0.25, 0.3) is 0 Å². The van der Waals surface area contributed by atoms with Crippen molar-refractivity contribution in [2.45, 2.75) is 35.3 Å². The summed E-state index contributed by atoms with van der Waals surface area (Å²) >= 11 is 0. The summed E-state index contributed by atoms with van der Waals surface area (Å²) in [4.78, 5) is 10.5. The number of hydrogen-bond acceptors (Lipinski definition) is 4. The minimum atomic E-state index is -4.89. The maximum atomic E-state index is 13.7. The van der Waals surface area contributed by atoms with Crippen LogP contribution < -0.4 is 0 Å². The Hall–Kier alpha value is -2.39. The Labute approximate surface area is 166 Å². The standard InChI is InChI=1S/C20H19F3O5S/c1-28-17-11-14(10-15(17)19(24)25)29(26,27)18-8-7-13(9-16(18)20(21,22)23)12-5-3-2-4-6-12/h2-9,14-15,17H,10-11H2,1H3,(H,24,25)/t14-,15-,17-/m0/s1. The molecule has 3 atom stereocenters. The molecule has 0 aromatic heterocycles. The summed E-state index contributed by atoms with van der Waals surface area (Å²) in [6.45, 7) is 0. The maximum absolute atomic E-state index is 13.7. The lowest BCUT2D eigenvalue weighted by Crippen LogP contribution is -2.24. The van der Waals surface area contributed by atoms with E-state index in [4.69, 9.17) is 4.74 Å². The zero-order valence-electron chi connectivity index (χ0n) is 15.4. The highest BCUT2D eigenvalue weighted by atomic mass is 32.2. The van der Waals surface area contributed by atoms with Gasteiger partial charge in [-0.05, 0) is 36.1 Å². The third-order valence-electron chi connectivity index (χ3n) is 5.22. The zero-order valence-corrected chi connectivity index (χ0v) is 16.2. The van der Waals surface area contributed by atoms with Crippen molar-refractivity contribution in [3.63, 3.8) is 0 Å². The van der Waals surface area contributed by atoms with Crippen LogP contribution in [-0.2, 0) is 25.5 Å². The number of aliphatic carboxylic acids is 1. The second kappa shape index (κ2) is 7.79. The Bertz CT molecular complexity index is 1000. The van der Waals surface area contributed by atoms with Crippen molar-refractivity contribution < 1.29 is 36.2 Å². The molecule has 0 saturated heterocycles. The Morgan fingerprint density at radius 2 is 1.72 bits per heavy atom. The minimum absolute atomic E-state index is 0.173. The van der Waals surface area contributed by atoms with E-state index in [9.17, 15) is 31.5 Å². The van der Waals surface area contributed by atoms with Crippen molar-refractivity contribution in [1.82, 2.24) is 0 Å². The van der Waals surface area contributed by atoms with E-state index in [0.29, 0.717) is 5.56 Å². The van der Waals surface area contributed by atoms with Crippen molar-refractivity contribution in [3.8, 4) is 11.1 Å². The Morgan fingerprint density at radius 1 is 1.07 bits per heavy atom. The molecule has 5 nitrogen and oxygen atoms in total. The predicted molar refractivity (Wildman–Crippen MR) is 99.0 cm³/mol. The van der Waals surface area contributed by atoms with Crippen molar-refractivity contribution in [2.24, 2.45) is 5.92 Å². The number of carboxylic acid groups (broad SMARTS) is 1. The minimum Gasteiger partial charge on any atom is -0.481 e. The molecule has 0 unspecified atom stereocenters. The summed E-state index contributed by atoms with van der Waals surface area (Å²) < 4.78 is 72.3. The molecule has 0 heterocycles. The van der Waals surface area contributed by atoms with Gasteiger partial charge in [0.15, 0.2) is 9.84 Å². The molecule has 0 radical (unpaired) electrons. The number of carbonyl (C=O) groups is 1. The van der Waals surface area contributed by atoms with Gasteiger partial charge >= 0.3 is 12.1 Å². The topological polar surface area (TPSA) is 80.7 Å². The molecule has 1 aliphatic carbocycles. The third kappa shape index (κ3) is 4.16. The molecular weight excluding hydrogens is 409 g/mol. The molecule has 0 amide bonds. The fourth-order valence-corrected chi connectivity index (χ4v) is 5.72. The van der Waals surface area contributed by atoms with Crippen LogP contribution in [0.2, 0.25) is 0 Å². The van der Waals surface area contributed by atoms with E-state index in [1.165, 1.54) is 13.2 Å². The van der Waals surface area contributed by atoms with Gasteiger partial charge in [0.1, 0.15) is 0 Å². The first kappa shape index (κ1) is 21.3. The third-order valence-corrected chi connectivity index (χ3v) is 7.45. The highest BCUT2D eigenvalue weighted by Gasteiger charge is 2.47. The number of carboxylic acids is 1. The Kier molecular flexibility index (Phi) is 5.73. The highest BCUT2D eigenvalue weighted by Crippen LogP contribution is 2.42. The van der Waals surface area contributed by atoms with Crippen LogP contribution in [0.4, 0.5) is 13.2 Å².